The Morgan fingerprint density at radius 1 is 1.28 bits per heavy atom. The Balaban J connectivity index is 1.96. The largest absolute Gasteiger partial charge is 0.351 e. The van der Waals surface area contributed by atoms with Gasteiger partial charge in [0.25, 0.3) is 5.92 Å². The second-order valence-electron chi connectivity index (χ2n) is 6.82. The number of benzene rings is 2. The van der Waals surface area contributed by atoms with Crippen LogP contribution in [-0.2, 0) is 6.42 Å². The van der Waals surface area contributed by atoms with Crippen molar-refractivity contribution >= 4 is 18.0 Å². The SMILES string of the molecule is CCSN[C@@H]1[C@H](Cc2cccc(-c3cccc(F)c3)c2F)N(C(N)=O)CC1(F)F. The number of likely N-dealkylation sites (tertiary alicyclic amines) is 1. The lowest BCUT2D eigenvalue weighted by Gasteiger charge is -2.27. The molecule has 1 fully saturated rings. The normalized spacial score (nSPS) is 20.8. The summed E-state index contributed by atoms with van der Waals surface area (Å²) < 4.78 is 60.4. The van der Waals surface area contributed by atoms with Gasteiger partial charge in [0.2, 0.25) is 0 Å². The second kappa shape index (κ2) is 8.62. The zero-order chi connectivity index (χ0) is 21.2. The molecule has 3 rings (SSSR count). The molecule has 0 aliphatic carbocycles. The Morgan fingerprint density at radius 3 is 2.66 bits per heavy atom. The fourth-order valence-electron chi connectivity index (χ4n) is 3.55. The maximum atomic E-state index is 15.2. The molecule has 2 atom stereocenters. The van der Waals surface area contributed by atoms with E-state index in [2.05, 4.69) is 4.72 Å². The zero-order valence-electron chi connectivity index (χ0n) is 15.7. The molecule has 2 amide bonds. The second-order valence-corrected chi connectivity index (χ2v) is 7.92. The van der Waals surface area contributed by atoms with Gasteiger partial charge in [-0.25, -0.2) is 22.4 Å². The van der Waals surface area contributed by atoms with Gasteiger partial charge in [-0.3, -0.25) is 4.72 Å². The summed E-state index contributed by atoms with van der Waals surface area (Å²) in [6, 6.07) is 6.62. The van der Waals surface area contributed by atoms with Gasteiger partial charge < -0.3 is 10.6 Å². The first kappa shape index (κ1) is 21.4. The molecule has 2 aromatic carbocycles. The van der Waals surface area contributed by atoms with E-state index >= 15 is 4.39 Å². The number of nitrogens with one attached hydrogen (secondary N) is 1. The van der Waals surface area contributed by atoms with Crippen molar-refractivity contribution in [2.45, 2.75) is 31.4 Å². The Hall–Kier alpha value is -2.26. The summed E-state index contributed by atoms with van der Waals surface area (Å²) in [5, 5.41) is 0. The van der Waals surface area contributed by atoms with Crippen molar-refractivity contribution in [1.29, 1.82) is 0 Å². The molecule has 0 spiro atoms. The minimum atomic E-state index is -3.21. The third-order valence-electron chi connectivity index (χ3n) is 4.90. The Bertz CT molecular complexity index is 896. The van der Waals surface area contributed by atoms with Gasteiger partial charge in [0.15, 0.2) is 0 Å². The molecule has 0 aromatic heterocycles. The number of primary amides is 1. The van der Waals surface area contributed by atoms with Crippen LogP contribution in [0.15, 0.2) is 42.5 Å². The van der Waals surface area contributed by atoms with E-state index in [1.165, 1.54) is 30.3 Å². The van der Waals surface area contributed by atoms with Gasteiger partial charge in [-0.2, -0.15) is 0 Å². The minimum absolute atomic E-state index is 0.147. The van der Waals surface area contributed by atoms with Gasteiger partial charge in [0, 0.05) is 11.3 Å². The lowest BCUT2D eigenvalue weighted by molar-refractivity contribution is -0.00362. The quantitative estimate of drug-likeness (QED) is 0.537. The molecule has 156 valence electrons. The molecule has 3 N–H and O–H groups in total. The van der Waals surface area contributed by atoms with Crippen molar-refractivity contribution in [3.63, 3.8) is 0 Å². The Kier molecular flexibility index (Phi) is 6.38. The van der Waals surface area contributed by atoms with E-state index in [-0.39, 0.29) is 17.5 Å². The molecular weight excluding hydrogens is 406 g/mol. The van der Waals surface area contributed by atoms with Gasteiger partial charge in [-0.1, -0.05) is 49.2 Å². The number of alkyl halides is 2. The standard InChI is InChI=1S/C20H21F4N3OS/c1-2-29-26-18-16(27(19(25)28)11-20(18,23)24)10-13-6-4-8-15(17(13)22)12-5-3-7-14(21)9-12/h3-9,16,18,26H,2,10-11H2,1H3,(H2,25,28)/t16-,18+/m0/s1. The number of halogens is 4. The van der Waals surface area contributed by atoms with Crippen molar-refractivity contribution in [2.24, 2.45) is 5.73 Å². The fourth-order valence-corrected chi connectivity index (χ4v) is 4.23. The number of urea groups is 1. The van der Waals surface area contributed by atoms with E-state index in [9.17, 15) is 18.0 Å². The summed E-state index contributed by atoms with van der Waals surface area (Å²) in [5.74, 6) is -3.82. The van der Waals surface area contributed by atoms with Gasteiger partial charge in [-0.05, 0) is 29.7 Å². The molecule has 0 radical (unpaired) electrons. The summed E-state index contributed by atoms with van der Waals surface area (Å²) in [6.45, 7) is 0.966. The van der Waals surface area contributed by atoms with E-state index < -0.39 is 42.2 Å². The average Bonchev–Trinajstić information content (AvgIpc) is 2.92. The van der Waals surface area contributed by atoms with E-state index in [1.807, 2.05) is 0 Å². The molecule has 29 heavy (non-hydrogen) atoms. The number of amides is 2. The number of rotatable bonds is 6. The van der Waals surface area contributed by atoms with Crippen LogP contribution in [0, 0.1) is 11.6 Å². The molecule has 2 aromatic rings. The molecule has 0 bridgehead atoms. The van der Waals surface area contributed by atoms with Gasteiger partial charge in [0.05, 0.1) is 12.6 Å². The Labute approximate surface area is 170 Å². The molecule has 9 heteroatoms. The smallest absolute Gasteiger partial charge is 0.315 e. The van der Waals surface area contributed by atoms with E-state index in [0.29, 0.717) is 11.3 Å². The van der Waals surface area contributed by atoms with E-state index in [0.717, 1.165) is 16.8 Å². The average molecular weight is 427 g/mol. The molecule has 1 heterocycles. The molecule has 1 aliphatic rings. The Morgan fingerprint density at radius 2 is 2.00 bits per heavy atom. The van der Waals surface area contributed by atoms with Crippen molar-refractivity contribution < 1.29 is 22.4 Å². The van der Waals surface area contributed by atoms with Gasteiger partial charge in [-0.15, -0.1) is 0 Å². The summed E-state index contributed by atoms with van der Waals surface area (Å²) in [4.78, 5) is 12.6. The molecule has 0 saturated carbocycles. The number of carbonyl (C=O) groups excluding carboxylic acids is 1. The topological polar surface area (TPSA) is 58.4 Å². The molecule has 1 aliphatic heterocycles. The first-order chi connectivity index (χ1) is 13.7. The van der Waals surface area contributed by atoms with Crippen molar-refractivity contribution in [1.82, 2.24) is 9.62 Å². The number of carbonyl (C=O) groups is 1. The minimum Gasteiger partial charge on any atom is -0.351 e. The first-order valence-electron chi connectivity index (χ1n) is 9.09. The van der Waals surface area contributed by atoms with Crippen molar-refractivity contribution in [3.05, 3.63) is 59.7 Å². The van der Waals surface area contributed by atoms with Crippen LogP contribution in [0.25, 0.3) is 11.1 Å². The summed E-state index contributed by atoms with van der Waals surface area (Å²) in [7, 11) is 0. The molecular formula is C20H21F4N3OS. The predicted octanol–water partition coefficient (Wildman–Crippen LogP) is 4.20. The molecule has 4 nitrogen and oxygen atoms in total. The lowest BCUT2D eigenvalue weighted by atomic mass is 9.95. The van der Waals surface area contributed by atoms with Gasteiger partial charge in [0.1, 0.15) is 17.7 Å². The molecule has 0 unspecified atom stereocenters. The number of nitrogens with zero attached hydrogens (tertiary/aromatic N) is 1. The van der Waals surface area contributed by atoms with Crippen molar-refractivity contribution in [2.75, 3.05) is 12.3 Å². The lowest BCUT2D eigenvalue weighted by Crippen LogP contribution is -2.49. The summed E-state index contributed by atoms with van der Waals surface area (Å²) in [6.07, 6.45) is -0.157. The van der Waals surface area contributed by atoms with Gasteiger partial charge >= 0.3 is 6.03 Å². The van der Waals surface area contributed by atoms with Crippen molar-refractivity contribution in [3.8, 4) is 11.1 Å². The zero-order valence-corrected chi connectivity index (χ0v) is 16.5. The van der Waals surface area contributed by atoms with Crippen LogP contribution < -0.4 is 10.5 Å². The third-order valence-corrected chi connectivity index (χ3v) is 5.61. The van der Waals surface area contributed by atoms with Crippen LogP contribution in [0.4, 0.5) is 22.4 Å². The molecule has 1 saturated heterocycles. The van der Waals surface area contributed by atoms with Crippen LogP contribution in [0.3, 0.4) is 0 Å². The van der Waals surface area contributed by atoms with Crippen LogP contribution in [0.5, 0.6) is 0 Å². The third kappa shape index (κ3) is 4.51. The predicted molar refractivity (Wildman–Crippen MR) is 106 cm³/mol. The highest BCUT2D eigenvalue weighted by Gasteiger charge is 2.55. The highest BCUT2D eigenvalue weighted by atomic mass is 32.2. The number of nitrogens with two attached hydrogens (primary N) is 1. The number of hydrogen-bond donors (Lipinski definition) is 2. The summed E-state index contributed by atoms with van der Waals surface area (Å²) in [5.41, 5.74) is 5.95. The maximum Gasteiger partial charge on any atom is 0.315 e. The van der Waals surface area contributed by atoms with Crippen LogP contribution in [0.1, 0.15) is 12.5 Å². The van der Waals surface area contributed by atoms with E-state index in [4.69, 9.17) is 5.73 Å². The first-order valence-corrected chi connectivity index (χ1v) is 10.1. The highest BCUT2D eigenvalue weighted by Crippen LogP contribution is 2.36. The maximum absolute atomic E-state index is 15.2. The van der Waals surface area contributed by atoms with E-state index in [1.54, 1.807) is 19.1 Å². The monoisotopic (exact) mass is 427 g/mol. The number of hydrogen-bond acceptors (Lipinski definition) is 3. The fraction of sp³-hybridized carbons (Fsp3) is 0.350. The van der Waals surface area contributed by atoms with Crippen LogP contribution >= 0.6 is 11.9 Å². The summed E-state index contributed by atoms with van der Waals surface area (Å²) >= 11 is 1.10. The highest BCUT2D eigenvalue weighted by molar-refractivity contribution is 7.97. The van der Waals surface area contributed by atoms with Crippen LogP contribution in [0.2, 0.25) is 0 Å². The van der Waals surface area contributed by atoms with Crippen LogP contribution in [-0.4, -0.2) is 41.2 Å².